The summed E-state index contributed by atoms with van der Waals surface area (Å²) in [6.07, 6.45) is 2.11. The smallest absolute Gasteiger partial charge is 0.274 e. The summed E-state index contributed by atoms with van der Waals surface area (Å²) in [5.74, 6) is -0.214. The molecule has 1 atom stereocenters. The minimum atomic E-state index is -0.214. The molecule has 1 saturated carbocycles. The Labute approximate surface area is 178 Å². The van der Waals surface area contributed by atoms with Gasteiger partial charge in [-0.1, -0.05) is 42.5 Å². The molecule has 2 heterocycles. The van der Waals surface area contributed by atoms with Gasteiger partial charge in [-0.25, -0.2) is 9.07 Å². The second-order valence-electron chi connectivity index (χ2n) is 7.76. The standard InChI is InChI=1S/C24H22FN3OS/c1-16(18-7-4-5-10-21(18)25)27(17-12-13-17)15-28-24(29)20-9-3-2-8-19(20)23(26-28)22-11-6-14-30-22/h2-11,14,16-17H,12-13,15H2,1H3/t16-/m0/s1. The van der Waals surface area contributed by atoms with Crippen molar-refractivity contribution >= 4 is 22.1 Å². The van der Waals surface area contributed by atoms with Crippen LogP contribution in [0.4, 0.5) is 4.39 Å². The van der Waals surface area contributed by atoms with Gasteiger partial charge in [0.05, 0.1) is 16.9 Å². The molecule has 4 aromatic rings. The zero-order valence-electron chi connectivity index (χ0n) is 16.7. The first kappa shape index (κ1) is 19.2. The van der Waals surface area contributed by atoms with E-state index in [-0.39, 0.29) is 17.4 Å². The number of thiophene rings is 1. The lowest BCUT2D eigenvalue weighted by molar-refractivity contribution is 0.138. The summed E-state index contributed by atoms with van der Waals surface area (Å²) in [5, 5.41) is 8.30. The number of nitrogens with zero attached hydrogens (tertiary/aromatic N) is 3. The first-order valence-corrected chi connectivity index (χ1v) is 11.1. The maximum Gasteiger partial charge on any atom is 0.275 e. The van der Waals surface area contributed by atoms with E-state index in [9.17, 15) is 9.18 Å². The van der Waals surface area contributed by atoms with Crippen molar-refractivity contribution in [3.05, 3.63) is 87.8 Å². The molecule has 0 N–H and O–H groups in total. The molecule has 1 aliphatic carbocycles. The van der Waals surface area contributed by atoms with Crippen molar-refractivity contribution in [1.29, 1.82) is 0 Å². The van der Waals surface area contributed by atoms with Crippen LogP contribution in [-0.4, -0.2) is 20.7 Å². The highest BCUT2D eigenvalue weighted by atomic mass is 32.1. The Morgan fingerprint density at radius 2 is 1.83 bits per heavy atom. The van der Waals surface area contributed by atoms with Crippen LogP contribution in [0.3, 0.4) is 0 Å². The van der Waals surface area contributed by atoms with E-state index < -0.39 is 0 Å². The Morgan fingerprint density at radius 1 is 1.10 bits per heavy atom. The van der Waals surface area contributed by atoms with Gasteiger partial charge in [-0.15, -0.1) is 11.3 Å². The van der Waals surface area contributed by atoms with Crippen LogP contribution in [0.15, 0.2) is 70.8 Å². The third-order valence-electron chi connectivity index (χ3n) is 5.79. The zero-order chi connectivity index (χ0) is 20.7. The van der Waals surface area contributed by atoms with Gasteiger partial charge in [-0.2, -0.15) is 5.10 Å². The third-order valence-corrected chi connectivity index (χ3v) is 6.66. The predicted octanol–water partition coefficient (Wildman–Crippen LogP) is 5.45. The lowest BCUT2D eigenvalue weighted by atomic mass is 10.1. The highest BCUT2D eigenvalue weighted by Gasteiger charge is 2.34. The molecule has 1 aliphatic rings. The highest BCUT2D eigenvalue weighted by molar-refractivity contribution is 7.13. The summed E-state index contributed by atoms with van der Waals surface area (Å²) in [6.45, 7) is 2.34. The Balaban J connectivity index is 1.59. The average molecular weight is 420 g/mol. The van der Waals surface area contributed by atoms with Crippen LogP contribution in [0.1, 0.15) is 31.4 Å². The molecule has 2 aromatic heterocycles. The fourth-order valence-corrected chi connectivity index (χ4v) is 4.76. The zero-order valence-corrected chi connectivity index (χ0v) is 17.5. The van der Waals surface area contributed by atoms with E-state index >= 15 is 0 Å². The molecule has 0 spiro atoms. The van der Waals surface area contributed by atoms with Crippen LogP contribution >= 0.6 is 11.3 Å². The summed E-state index contributed by atoms with van der Waals surface area (Å²) >= 11 is 1.61. The van der Waals surface area contributed by atoms with Gasteiger partial charge < -0.3 is 0 Å². The molecule has 1 fully saturated rings. The first-order chi connectivity index (χ1) is 14.6. The normalized spacial score (nSPS) is 15.0. The van der Waals surface area contributed by atoms with E-state index in [0.29, 0.717) is 23.7 Å². The average Bonchev–Trinajstić information content (AvgIpc) is 3.46. The number of hydrogen-bond donors (Lipinski definition) is 0. The Morgan fingerprint density at radius 3 is 2.53 bits per heavy atom. The Hall–Kier alpha value is -2.83. The number of halogens is 1. The van der Waals surface area contributed by atoms with Gasteiger partial charge in [-0.3, -0.25) is 9.69 Å². The highest BCUT2D eigenvalue weighted by Crippen LogP contribution is 2.35. The van der Waals surface area contributed by atoms with Crippen LogP contribution in [0.2, 0.25) is 0 Å². The van der Waals surface area contributed by atoms with Crippen LogP contribution in [0.5, 0.6) is 0 Å². The van der Waals surface area contributed by atoms with Crippen LogP contribution in [-0.2, 0) is 6.67 Å². The fourth-order valence-electron chi connectivity index (χ4n) is 4.03. The van der Waals surface area contributed by atoms with Gasteiger partial charge in [0.2, 0.25) is 0 Å². The van der Waals surface area contributed by atoms with Crippen molar-refractivity contribution in [2.75, 3.05) is 0 Å². The molecule has 0 radical (unpaired) electrons. The number of benzene rings is 2. The third kappa shape index (κ3) is 3.46. The number of aromatic nitrogens is 2. The maximum atomic E-state index is 14.5. The molecule has 0 bridgehead atoms. The molecule has 4 nitrogen and oxygen atoms in total. The van der Waals surface area contributed by atoms with Crippen molar-refractivity contribution in [3.63, 3.8) is 0 Å². The molecule has 6 heteroatoms. The van der Waals surface area contributed by atoms with Crippen molar-refractivity contribution in [2.45, 2.75) is 38.5 Å². The fraction of sp³-hybridized carbons (Fsp3) is 0.250. The summed E-state index contributed by atoms with van der Waals surface area (Å²) in [6, 6.07) is 18.7. The molecule has 0 unspecified atom stereocenters. The van der Waals surface area contributed by atoms with Gasteiger partial charge in [0.1, 0.15) is 11.5 Å². The van der Waals surface area contributed by atoms with Crippen molar-refractivity contribution in [1.82, 2.24) is 14.7 Å². The van der Waals surface area contributed by atoms with E-state index in [4.69, 9.17) is 5.10 Å². The largest absolute Gasteiger partial charge is 0.275 e. The topological polar surface area (TPSA) is 38.1 Å². The molecule has 5 rings (SSSR count). The lowest BCUT2D eigenvalue weighted by Crippen LogP contribution is -2.37. The van der Waals surface area contributed by atoms with E-state index in [2.05, 4.69) is 4.90 Å². The van der Waals surface area contributed by atoms with Gasteiger partial charge in [0, 0.05) is 23.0 Å². The minimum Gasteiger partial charge on any atom is -0.274 e. The number of hydrogen-bond acceptors (Lipinski definition) is 4. The number of rotatable bonds is 6. The molecule has 2 aromatic carbocycles. The summed E-state index contributed by atoms with van der Waals surface area (Å²) in [4.78, 5) is 16.5. The van der Waals surface area contributed by atoms with E-state index in [1.165, 1.54) is 6.07 Å². The predicted molar refractivity (Wildman–Crippen MR) is 119 cm³/mol. The van der Waals surface area contributed by atoms with Crippen LogP contribution in [0, 0.1) is 5.82 Å². The lowest BCUT2D eigenvalue weighted by Gasteiger charge is -2.30. The van der Waals surface area contributed by atoms with E-state index in [1.54, 1.807) is 22.1 Å². The van der Waals surface area contributed by atoms with Gasteiger partial charge in [0.15, 0.2) is 0 Å². The van der Waals surface area contributed by atoms with E-state index in [1.807, 2.05) is 60.8 Å². The number of fused-ring (bicyclic) bond motifs is 1. The summed E-state index contributed by atoms with van der Waals surface area (Å²) in [5.41, 5.74) is 1.35. The molecule has 0 saturated heterocycles. The first-order valence-electron chi connectivity index (χ1n) is 10.2. The summed E-state index contributed by atoms with van der Waals surface area (Å²) in [7, 11) is 0. The van der Waals surface area contributed by atoms with E-state index in [0.717, 1.165) is 28.8 Å². The maximum absolute atomic E-state index is 14.5. The molecule has 0 aliphatic heterocycles. The van der Waals surface area contributed by atoms with Crippen molar-refractivity contribution < 1.29 is 4.39 Å². The molecule has 152 valence electrons. The molecular formula is C24H22FN3OS. The van der Waals surface area contributed by atoms with Crippen LogP contribution in [0.25, 0.3) is 21.3 Å². The Kier molecular flexibility index (Phi) is 4.97. The second kappa shape index (κ2) is 7.78. The van der Waals surface area contributed by atoms with Gasteiger partial charge >= 0.3 is 0 Å². The molecule has 0 amide bonds. The molecule has 30 heavy (non-hydrogen) atoms. The van der Waals surface area contributed by atoms with Gasteiger partial charge in [-0.05, 0) is 43.3 Å². The SMILES string of the molecule is C[C@@H](c1ccccc1F)N(Cn1nc(-c2cccs2)c2ccccc2c1=O)C1CC1. The summed E-state index contributed by atoms with van der Waals surface area (Å²) < 4.78 is 16.0. The van der Waals surface area contributed by atoms with Crippen molar-refractivity contribution in [3.8, 4) is 10.6 Å². The quantitative estimate of drug-likeness (QED) is 0.417. The Bertz CT molecular complexity index is 1250. The monoisotopic (exact) mass is 419 g/mol. The van der Waals surface area contributed by atoms with Crippen LogP contribution < -0.4 is 5.56 Å². The second-order valence-corrected chi connectivity index (χ2v) is 8.71. The minimum absolute atomic E-state index is 0.114. The molecular weight excluding hydrogens is 397 g/mol. The van der Waals surface area contributed by atoms with Gasteiger partial charge in [0.25, 0.3) is 5.56 Å². The van der Waals surface area contributed by atoms with Crippen molar-refractivity contribution in [2.24, 2.45) is 0 Å².